The molecular weight excluding hydrogens is 281 g/mol. The van der Waals surface area contributed by atoms with Crippen LogP contribution in [0.25, 0.3) is 0 Å². The second-order valence-corrected chi connectivity index (χ2v) is 4.56. The second-order valence-electron chi connectivity index (χ2n) is 2.81. The molecule has 2 nitrogen and oxygen atoms in total. The summed E-state index contributed by atoms with van der Waals surface area (Å²) >= 11 is 4.78. The van der Waals surface area contributed by atoms with Gasteiger partial charge in [0, 0.05) is 5.38 Å². The zero-order valence-electron chi connectivity index (χ0n) is 7.61. The van der Waals surface area contributed by atoms with Crippen molar-refractivity contribution in [2.75, 3.05) is 0 Å². The maximum atomic E-state index is 12.6. The summed E-state index contributed by atoms with van der Waals surface area (Å²) in [7, 11) is 0. The molecule has 0 aliphatic heterocycles. The average Bonchev–Trinajstić information content (AvgIpc) is 2.64. The van der Waals surface area contributed by atoms with Crippen LogP contribution in [0.15, 0.2) is 34.2 Å². The van der Waals surface area contributed by atoms with Crippen LogP contribution in [0.4, 0.5) is 4.39 Å². The van der Waals surface area contributed by atoms with Gasteiger partial charge in [-0.05, 0) is 40.2 Å². The highest BCUT2D eigenvalue weighted by atomic mass is 79.9. The first-order valence-corrected chi connectivity index (χ1v) is 5.89. The molecule has 0 saturated heterocycles. The maximum absolute atomic E-state index is 12.6. The van der Waals surface area contributed by atoms with Crippen LogP contribution in [-0.2, 0) is 6.61 Å². The molecule has 2 rings (SSSR count). The molecule has 0 bridgehead atoms. The van der Waals surface area contributed by atoms with Crippen LogP contribution in [0, 0.1) is 5.82 Å². The summed E-state index contributed by atoms with van der Waals surface area (Å²) in [5, 5.41) is 2.77. The number of thiazole rings is 1. The topological polar surface area (TPSA) is 22.1 Å². The van der Waals surface area contributed by atoms with E-state index in [1.807, 2.05) is 5.38 Å². The van der Waals surface area contributed by atoms with Crippen molar-refractivity contribution in [3.63, 3.8) is 0 Å². The zero-order chi connectivity index (χ0) is 10.7. The van der Waals surface area contributed by atoms with E-state index in [0.29, 0.717) is 12.4 Å². The van der Waals surface area contributed by atoms with Crippen LogP contribution in [0.3, 0.4) is 0 Å². The van der Waals surface area contributed by atoms with E-state index in [4.69, 9.17) is 4.74 Å². The number of rotatable bonds is 3. The van der Waals surface area contributed by atoms with Gasteiger partial charge in [0.15, 0.2) is 0 Å². The van der Waals surface area contributed by atoms with Gasteiger partial charge in [-0.25, -0.2) is 9.37 Å². The maximum Gasteiger partial charge on any atom is 0.140 e. The number of ether oxygens (including phenoxy) is 1. The largest absolute Gasteiger partial charge is 0.486 e. The summed E-state index contributed by atoms with van der Waals surface area (Å²) in [5.41, 5.74) is 0. The Bertz CT molecular complexity index is 443. The van der Waals surface area contributed by atoms with Gasteiger partial charge in [-0.3, -0.25) is 0 Å². The first-order valence-electron chi connectivity index (χ1n) is 4.22. The third-order valence-corrected chi connectivity index (χ3v) is 3.23. The number of nitrogens with zero attached hydrogens (tertiary/aromatic N) is 1. The lowest BCUT2D eigenvalue weighted by Crippen LogP contribution is -1.94. The third kappa shape index (κ3) is 3.00. The molecule has 1 aromatic carbocycles. The second kappa shape index (κ2) is 4.72. The molecule has 1 heterocycles. The van der Waals surface area contributed by atoms with Crippen molar-refractivity contribution in [3.8, 4) is 5.75 Å². The molecule has 1 aromatic heterocycles. The minimum absolute atomic E-state index is 0.264. The number of hydrogen-bond donors (Lipinski definition) is 0. The molecule has 0 amide bonds. The van der Waals surface area contributed by atoms with E-state index in [1.165, 1.54) is 23.5 Å². The third-order valence-electron chi connectivity index (χ3n) is 1.70. The van der Waals surface area contributed by atoms with Crippen molar-refractivity contribution in [2.45, 2.75) is 6.61 Å². The van der Waals surface area contributed by atoms with Crippen molar-refractivity contribution >= 4 is 27.3 Å². The average molecular weight is 288 g/mol. The van der Waals surface area contributed by atoms with Gasteiger partial charge in [-0.2, -0.15) is 0 Å². The molecule has 0 fully saturated rings. The lowest BCUT2D eigenvalue weighted by atomic mass is 10.3. The smallest absolute Gasteiger partial charge is 0.140 e. The van der Waals surface area contributed by atoms with Crippen LogP contribution in [0.2, 0.25) is 0 Å². The van der Waals surface area contributed by atoms with Gasteiger partial charge in [-0.15, -0.1) is 11.3 Å². The molecule has 0 spiro atoms. The molecule has 0 aliphatic rings. The Morgan fingerprint density at radius 1 is 1.33 bits per heavy atom. The van der Waals surface area contributed by atoms with E-state index in [0.717, 1.165) is 9.61 Å². The molecule has 0 unspecified atom stereocenters. The molecule has 15 heavy (non-hydrogen) atoms. The Morgan fingerprint density at radius 2 is 2.07 bits per heavy atom. The Balaban J connectivity index is 1.96. The van der Waals surface area contributed by atoms with E-state index >= 15 is 0 Å². The Kier molecular flexibility index (Phi) is 3.33. The summed E-state index contributed by atoms with van der Waals surface area (Å²) in [6, 6.07) is 5.93. The van der Waals surface area contributed by atoms with Crippen molar-refractivity contribution in [1.29, 1.82) is 0 Å². The highest BCUT2D eigenvalue weighted by Gasteiger charge is 2.00. The molecule has 2 aromatic rings. The molecule has 0 N–H and O–H groups in total. The fourth-order valence-electron chi connectivity index (χ4n) is 1.03. The fraction of sp³-hybridized carbons (Fsp3) is 0.100. The SMILES string of the molecule is Fc1ccc(OCc2nc(Br)cs2)cc1. The lowest BCUT2D eigenvalue weighted by Gasteiger charge is -2.02. The van der Waals surface area contributed by atoms with Gasteiger partial charge < -0.3 is 4.74 Å². The van der Waals surface area contributed by atoms with Gasteiger partial charge in [0.1, 0.15) is 27.8 Å². The molecule has 0 atom stereocenters. The molecular formula is C10H7BrFNOS. The first kappa shape index (κ1) is 10.6. The highest BCUT2D eigenvalue weighted by molar-refractivity contribution is 9.10. The fourth-order valence-corrected chi connectivity index (χ4v) is 2.21. The van der Waals surface area contributed by atoms with Gasteiger partial charge in [0.05, 0.1) is 0 Å². The number of aromatic nitrogens is 1. The predicted octanol–water partition coefficient (Wildman–Crippen LogP) is 3.62. The number of halogens is 2. The Labute approximate surface area is 98.9 Å². The van der Waals surface area contributed by atoms with Gasteiger partial charge in [0.2, 0.25) is 0 Å². The zero-order valence-corrected chi connectivity index (χ0v) is 10.0. The van der Waals surface area contributed by atoms with Crippen molar-refractivity contribution in [1.82, 2.24) is 4.98 Å². The highest BCUT2D eigenvalue weighted by Crippen LogP contribution is 2.18. The van der Waals surface area contributed by atoms with E-state index < -0.39 is 0 Å². The van der Waals surface area contributed by atoms with Crippen LogP contribution >= 0.6 is 27.3 Å². The summed E-state index contributed by atoms with van der Waals surface area (Å²) in [6.07, 6.45) is 0. The van der Waals surface area contributed by atoms with E-state index in [-0.39, 0.29) is 5.82 Å². The van der Waals surface area contributed by atoms with Crippen LogP contribution in [0.5, 0.6) is 5.75 Å². The first-order chi connectivity index (χ1) is 7.24. The van der Waals surface area contributed by atoms with Crippen LogP contribution in [-0.4, -0.2) is 4.98 Å². The quantitative estimate of drug-likeness (QED) is 0.860. The van der Waals surface area contributed by atoms with Gasteiger partial charge >= 0.3 is 0 Å². The van der Waals surface area contributed by atoms with E-state index in [9.17, 15) is 4.39 Å². The molecule has 0 radical (unpaired) electrons. The molecule has 0 aliphatic carbocycles. The van der Waals surface area contributed by atoms with Gasteiger partial charge in [-0.1, -0.05) is 0 Å². The summed E-state index contributed by atoms with van der Waals surface area (Å²) in [5.74, 6) is 0.377. The van der Waals surface area contributed by atoms with E-state index in [1.54, 1.807) is 12.1 Å². The van der Waals surface area contributed by atoms with Crippen molar-refractivity contribution < 1.29 is 9.13 Å². The van der Waals surface area contributed by atoms with Crippen molar-refractivity contribution in [2.24, 2.45) is 0 Å². The standard InChI is InChI=1S/C10H7BrFNOS/c11-9-6-15-10(13-9)5-14-8-3-1-7(12)2-4-8/h1-4,6H,5H2. The minimum Gasteiger partial charge on any atom is -0.486 e. The molecule has 78 valence electrons. The van der Waals surface area contributed by atoms with E-state index in [2.05, 4.69) is 20.9 Å². The minimum atomic E-state index is -0.264. The Hall–Kier alpha value is -0.940. The number of hydrogen-bond acceptors (Lipinski definition) is 3. The summed E-state index contributed by atoms with van der Waals surface area (Å²) in [4.78, 5) is 4.18. The Morgan fingerprint density at radius 3 is 2.67 bits per heavy atom. The normalized spacial score (nSPS) is 10.3. The van der Waals surface area contributed by atoms with Gasteiger partial charge in [0.25, 0.3) is 0 Å². The summed E-state index contributed by atoms with van der Waals surface area (Å²) in [6.45, 7) is 0.405. The van der Waals surface area contributed by atoms with Crippen molar-refractivity contribution in [3.05, 3.63) is 45.1 Å². The predicted molar refractivity (Wildman–Crippen MR) is 60.5 cm³/mol. The lowest BCUT2D eigenvalue weighted by molar-refractivity contribution is 0.305. The van der Waals surface area contributed by atoms with Crippen LogP contribution < -0.4 is 4.74 Å². The number of benzene rings is 1. The van der Waals surface area contributed by atoms with Crippen LogP contribution in [0.1, 0.15) is 5.01 Å². The summed E-state index contributed by atoms with van der Waals surface area (Å²) < 4.78 is 18.8. The molecule has 0 saturated carbocycles. The molecule has 5 heteroatoms. The monoisotopic (exact) mass is 287 g/mol.